The van der Waals surface area contributed by atoms with Gasteiger partial charge in [0, 0.05) is 48.8 Å². The van der Waals surface area contributed by atoms with Gasteiger partial charge in [0.25, 0.3) is 0 Å². The first-order valence-corrected chi connectivity index (χ1v) is 7.32. The number of nitrogens with zero attached hydrogens (tertiary/aromatic N) is 4. The molecule has 0 saturated heterocycles. The molecule has 3 heterocycles. The molecule has 5 heteroatoms. The number of hydrogen-bond donors (Lipinski definition) is 0. The summed E-state index contributed by atoms with van der Waals surface area (Å²) in [6, 6.07) is 9.12. The van der Waals surface area contributed by atoms with Crippen molar-refractivity contribution >= 4 is 27.4 Å². The lowest BCUT2D eigenvalue weighted by atomic mass is 10.1. The molecule has 0 saturated carbocycles. The van der Waals surface area contributed by atoms with Crippen LogP contribution in [-0.4, -0.2) is 28.6 Å². The summed E-state index contributed by atoms with van der Waals surface area (Å²) >= 11 is 0. The molecule has 0 bridgehead atoms. The third-order valence-corrected chi connectivity index (χ3v) is 4.00. The lowest BCUT2D eigenvalue weighted by Gasteiger charge is -2.17. The Morgan fingerprint density at radius 1 is 1.04 bits per heavy atom. The maximum absolute atomic E-state index is 14.2. The molecule has 0 unspecified atom stereocenters. The third-order valence-electron chi connectivity index (χ3n) is 4.00. The number of halogens is 1. The Kier molecular flexibility index (Phi) is 3.01. The van der Waals surface area contributed by atoms with Gasteiger partial charge in [0.2, 0.25) is 0 Å². The van der Waals surface area contributed by atoms with Crippen LogP contribution in [0.1, 0.15) is 0 Å². The van der Waals surface area contributed by atoms with Gasteiger partial charge in [-0.3, -0.25) is 9.55 Å². The van der Waals surface area contributed by atoms with E-state index in [1.165, 1.54) is 6.07 Å². The summed E-state index contributed by atoms with van der Waals surface area (Å²) in [7, 11) is 3.68. The minimum absolute atomic E-state index is 0.237. The molecule has 0 aliphatic carbocycles. The van der Waals surface area contributed by atoms with E-state index < -0.39 is 0 Å². The van der Waals surface area contributed by atoms with Crippen LogP contribution in [0.15, 0.2) is 55.1 Å². The number of hydrogen-bond acceptors (Lipinski definition) is 3. The van der Waals surface area contributed by atoms with Gasteiger partial charge < -0.3 is 4.90 Å². The van der Waals surface area contributed by atoms with E-state index in [0.717, 1.165) is 27.5 Å². The van der Waals surface area contributed by atoms with Crippen LogP contribution >= 0.6 is 0 Å². The number of pyridine rings is 2. The SMILES string of the molecule is CN(C)c1c(F)ccc2cnc(-n3ccc4ccncc43)cc12. The van der Waals surface area contributed by atoms with Crippen molar-refractivity contribution in [1.29, 1.82) is 0 Å². The molecule has 23 heavy (non-hydrogen) atoms. The van der Waals surface area contributed by atoms with Gasteiger partial charge in [0.15, 0.2) is 0 Å². The van der Waals surface area contributed by atoms with E-state index in [-0.39, 0.29) is 5.82 Å². The van der Waals surface area contributed by atoms with E-state index in [0.29, 0.717) is 5.69 Å². The fourth-order valence-corrected chi connectivity index (χ4v) is 2.92. The standard InChI is InChI=1S/C18H15FN4/c1-22(2)18-14-9-17(21-10-13(14)3-4-15(18)19)23-8-6-12-5-7-20-11-16(12)23/h3-11H,1-2H3. The molecular weight excluding hydrogens is 291 g/mol. The molecule has 3 aromatic heterocycles. The van der Waals surface area contributed by atoms with Crippen LogP contribution in [0.2, 0.25) is 0 Å². The number of fused-ring (bicyclic) bond motifs is 2. The summed E-state index contributed by atoms with van der Waals surface area (Å²) in [4.78, 5) is 10.5. The van der Waals surface area contributed by atoms with Crippen molar-refractivity contribution in [1.82, 2.24) is 14.5 Å². The Labute approximate surface area is 132 Å². The van der Waals surface area contributed by atoms with Crippen molar-refractivity contribution in [3.63, 3.8) is 0 Å². The molecule has 0 spiro atoms. The highest BCUT2D eigenvalue weighted by Gasteiger charge is 2.12. The highest BCUT2D eigenvalue weighted by molar-refractivity contribution is 5.95. The first-order valence-electron chi connectivity index (χ1n) is 7.32. The van der Waals surface area contributed by atoms with Crippen LogP contribution in [0, 0.1) is 5.82 Å². The second-order valence-corrected chi connectivity index (χ2v) is 5.67. The van der Waals surface area contributed by atoms with E-state index in [2.05, 4.69) is 9.97 Å². The van der Waals surface area contributed by atoms with Gasteiger partial charge >= 0.3 is 0 Å². The lowest BCUT2D eigenvalue weighted by molar-refractivity contribution is 0.628. The molecule has 0 amide bonds. The average Bonchev–Trinajstić information content (AvgIpc) is 2.97. The number of anilines is 1. The molecule has 4 aromatic rings. The quantitative estimate of drug-likeness (QED) is 0.565. The van der Waals surface area contributed by atoms with Crippen molar-refractivity contribution < 1.29 is 4.39 Å². The first-order chi connectivity index (χ1) is 11.1. The Bertz CT molecular complexity index is 1020. The molecule has 1 aromatic carbocycles. The van der Waals surface area contributed by atoms with Crippen molar-refractivity contribution in [2.45, 2.75) is 0 Å². The van der Waals surface area contributed by atoms with Gasteiger partial charge in [-0.1, -0.05) is 0 Å². The van der Waals surface area contributed by atoms with Crippen molar-refractivity contribution in [3.8, 4) is 5.82 Å². The monoisotopic (exact) mass is 306 g/mol. The normalized spacial score (nSPS) is 11.3. The second kappa shape index (κ2) is 5.05. The highest BCUT2D eigenvalue weighted by Crippen LogP contribution is 2.30. The smallest absolute Gasteiger partial charge is 0.147 e. The second-order valence-electron chi connectivity index (χ2n) is 5.67. The molecule has 114 valence electrons. The summed E-state index contributed by atoms with van der Waals surface area (Å²) in [6.07, 6.45) is 7.30. The predicted molar refractivity (Wildman–Crippen MR) is 90.7 cm³/mol. The molecule has 0 fully saturated rings. The Balaban J connectivity index is 2.00. The number of rotatable bonds is 2. The number of aromatic nitrogens is 3. The van der Waals surface area contributed by atoms with Crippen LogP contribution in [0.5, 0.6) is 0 Å². The zero-order valence-electron chi connectivity index (χ0n) is 12.9. The summed E-state index contributed by atoms with van der Waals surface area (Å²) in [5.74, 6) is 0.507. The van der Waals surface area contributed by atoms with E-state index in [1.54, 1.807) is 29.6 Å². The van der Waals surface area contributed by atoms with Crippen molar-refractivity contribution in [2.75, 3.05) is 19.0 Å². The van der Waals surface area contributed by atoms with Crippen LogP contribution in [-0.2, 0) is 0 Å². The highest BCUT2D eigenvalue weighted by atomic mass is 19.1. The molecule has 0 aliphatic rings. The van der Waals surface area contributed by atoms with E-state index >= 15 is 0 Å². The van der Waals surface area contributed by atoms with Crippen molar-refractivity contribution in [2.24, 2.45) is 0 Å². The van der Waals surface area contributed by atoms with E-state index in [1.807, 2.05) is 43.1 Å². The van der Waals surface area contributed by atoms with Crippen LogP contribution in [0.25, 0.3) is 27.5 Å². The van der Waals surface area contributed by atoms with Gasteiger partial charge in [0.05, 0.1) is 17.4 Å². The fraction of sp³-hybridized carbons (Fsp3) is 0.111. The molecule has 0 aliphatic heterocycles. The van der Waals surface area contributed by atoms with Crippen molar-refractivity contribution in [3.05, 3.63) is 60.9 Å². The Morgan fingerprint density at radius 2 is 1.91 bits per heavy atom. The van der Waals surface area contributed by atoms with Gasteiger partial charge in [-0.25, -0.2) is 9.37 Å². The van der Waals surface area contributed by atoms with Crippen LogP contribution in [0.4, 0.5) is 10.1 Å². The average molecular weight is 306 g/mol. The predicted octanol–water partition coefficient (Wildman–Crippen LogP) is 3.78. The van der Waals surface area contributed by atoms with Gasteiger partial charge in [-0.05, 0) is 30.3 Å². The minimum atomic E-state index is -0.237. The zero-order chi connectivity index (χ0) is 16.0. The maximum atomic E-state index is 14.2. The molecule has 4 rings (SSSR count). The summed E-state index contributed by atoms with van der Waals surface area (Å²) in [6.45, 7) is 0. The van der Waals surface area contributed by atoms with Crippen LogP contribution < -0.4 is 4.90 Å². The topological polar surface area (TPSA) is 34.0 Å². The lowest BCUT2D eigenvalue weighted by Crippen LogP contribution is -2.11. The van der Waals surface area contributed by atoms with Crippen LogP contribution in [0.3, 0.4) is 0 Å². The fourth-order valence-electron chi connectivity index (χ4n) is 2.92. The van der Waals surface area contributed by atoms with E-state index in [9.17, 15) is 4.39 Å². The summed E-state index contributed by atoms with van der Waals surface area (Å²) in [5, 5.41) is 2.84. The summed E-state index contributed by atoms with van der Waals surface area (Å²) in [5.41, 5.74) is 1.54. The maximum Gasteiger partial charge on any atom is 0.147 e. The first kappa shape index (κ1) is 13.7. The zero-order valence-corrected chi connectivity index (χ0v) is 12.9. The number of benzene rings is 1. The van der Waals surface area contributed by atoms with Gasteiger partial charge in [0.1, 0.15) is 11.6 Å². The molecular formula is C18H15FN4. The van der Waals surface area contributed by atoms with Gasteiger partial charge in [-0.2, -0.15) is 0 Å². The summed E-state index contributed by atoms with van der Waals surface area (Å²) < 4.78 is 16.2. The van der Waals surface area contributed by atoms with E-state index in [4.69, 9.17) is 0 Å². The molecule has 4 nitrogen and oxygen atoms in total. The Morgan fingerprint density at radius 3 is 2.74 bits per heavy atom. The van der Waals surface area contributed by atoms with Gasteiger partial charge in [-0.15, -0.1) is 0 Å². The largest absolute Gasteiger partial charge is 0.375 e. The molecule has 0 radical (unpaired) electrons. The third kappa shape index (κ3) is 2.12. The Hall–Kier alpha value is -2.95. The molecule has 0 N–H and O–H groups in total. The molecule has 0 atom stereocenters. The minimum Gasteiger partial charge on any atom is -0.375 e.